The van der Waals surface area contributed by atoms with Gasteiger partial charge in [-0.05, 0) is 36.2 Å². The molecular weight excluding hydrogens is 255 g/mol. The molecule has 104 valence electrons. The standard InChI is InChI=1S/C17H23FS/c1-15(16-9-4-2-5-10-16)17(19-14-8-13-18)11-6-3-7-12-17/h2,4-5,9-10H,1,3,6-8,11-14H2. The topological polar surface area (TPSA) is 0 Å². The minimum Gasteiger partial charge on any atom is -0.251 e. The molecule has 0 amide bonds. The summed E-state index contributed by atoms with van der Waals surface area (Å²) in [5.74, 6) is 0.905. The molecule has 19 heavy (non-hydrogen) atoms. The molecule has 0 unspecified atom stereocenters. The van der Waals surface area contributed by atoms with E-state index in [2.05, 4.69) is 30.8 Å². The molecule has 1 aliphatic rings. The minimum absolute atomic E-state index is 0.148. The second-order valence-electron chi connectivity index (χ2n) is 5.29. The van der Waals surface area contributed by atoms with Gasteiger partial charge in [0.25, 0.3) is 0 Å². The van der Waals surface area contributed by atoms with Crippen LogP contribution in [0.25, 0.3) is 5.57 Å². The Balaban J connectivity index is 2.14. The van der Waals surface area contributed by atoms with E-state index in [1.165, 1.54) is 43.2 Å². The van der Waals surface area contributed by atoms with E-state index in [0.717, 1.165) is 5.75 Å². The molecular formula is C17H23FS. The smallest absolute Gasteiger partial charge is 0.0902 e. The van der Waals surface area contributed by atoms with Crippen molar-refractivity contribution in [2.24, 2.45) is 0 Å². The average molecular weight is 278 g/mol. The van der Waals surface area contributed by atoms with E-state index in [4.69, 9.17) is 0 Å². The van der Waals surface area contributed by atoms with Gasteiger partial charge in [0.1, 0.15) is 0 Å². The van der Waals surface area contributed by atoms with Crippen LogP contribution in [-0.4, -0.2) is 17.2 Å². The zero-order valence-electron chi connectivity index (χ0n) is 11.5. The molecule has 0 aromatic heterocycles. The molecule has 1 aromatic carbocycles. The van der Waals surface area contributed by atoms with Gasteiger partial charge in [-0.2, -0.15) is 11.8 Å². The summed E-state index contributed by atoms with van der Waals surface area (Å²) in [6.45, 7) is 4.18. The van der Waals surface area contributed by atoms with E-state index in [-0.39, 0.29) is 11.4 Å². The van der Waals surface area contributed by atoms with Crippen LogP contribution >= 0.6 is 11.8 Å². The Kier molecular flexibility index (Phi) is 5.50. The fourth-order valence-corrected chi connectivity index (χ4v) is 4.39. The number of hydrogen-bond donors (Lipinski definition) is 0. The molecule has 0 saturated heterocycles. The summed E-state index contributed by atoms with van der Waals surface area (Å²) < 4.78 is 12.5. The van der Waals surface area contributed by atoms with Crippen LogP contribution in [0.4, 0.5) is 4.39 Å². The van der Waals surface area contributed by atoms with Gasteiger partial charge in [-0.15, -0.1) is 0 Å². The third-order valence-electron chi connectivity index (χ3n) is 3.99. The Bertz CT molecular complexity index is 393. The molecule has 0 atom stereocenters. The summed E-state index contributed by atoms with van der Waals surface area (Å²) >= 11 is 1.93. The second kappa shape index (κ2) is 7.14. The zero-order valence-corrected chi connectivity index (χ0v) is 12.4. The van der Waals surface area contributed by atoms with Gasteiger partial charge in [0, 0.05) is 4.75 Å². The van der Waals surface area contributed by atoms with Crippen LogP contribution in [0.15, 0.2) is 36.9 Å². The van der Waals surface area contributed by atoms with Crippen molar-refractivity contribution in [1.29, 1.82) is 0 Å². The SMILES string of the molecule is C=C(c1ccccc1)C1(SCCCF)CCCCC1. The Morgan fingerprint density at radius 2 is 1.84 bits per heavy atom. The van der Waals surface area contributed by atoms with E-state index in [9.17, 15) is 4.39 Å². The minimum atomic E-state index is -0.207. The van der Waals surface area contributed by atoms with Crippen molar-refractivity contribution in [3.8, 4) is 0 Å². The molecule has 0 heterocycles. The Morgan fingerprint density at radius 3 is 2.47 bits per heavy atom. The summed E-state index contributed by atoms with van der Waals surface area (Å²) in [4.78, 5) is 0. The maximum atomic E-state index is 12.4. The third kappa shape index (κ3) is 3.62. The van der Waals surface area contributed by atoms with Crippen LogP contribution in [0.1, 0.15) is 44.1 Å². The largest absolute Gasteiger partial charge is 0.251 e. The lowest BCUT2D eigenvalue weighted by atomic mass is 9.81. The van der Waals surface area contributed by atoms with Crippen molar-refractivity contribution < 1.29 is 4.39 Å². The fourth-order valence-electron chi connectivity index (χ4n) is 2.88. The lowest BCUT2D eigenvalue weighted by Gasteiger charge is -2.39. The van der Waals surface area contributed by atoms with Crippen molar-refractivity contribution in [2.75, 3.05) is 12.4 Å². The number of rotatable bonds is 6. The summed E-state index contributed by atoms with van der Waals surface area (Å²) in [5.41, 5.74) is 2.49. The summed E-state index contributed by atoms with van der Waals surface area (Å²) in [7, 11) is 0. The molecule has 1 saturated carbocycles. The lowest BCUT2D eigenvalue weighted by Crippen LogP contribution is -2.29. The number of alkyl halides is 1. The van der Waals surface area contributed by atoms with Crippen LogP contribution in [-0.2, 0) is 0 Å². The highest BCUT2D eigenvalue weighted by Crippen LogP contribution is 2.48. The second-order valence-corrected chi connectivity index (χ2v) is 6.77. The number of hydrogen-bond acceptors (Lipinski definition) is 1. The van der Waals surface area contributed by atoms with Crippen molar-refractivity contribution >= 4 is 17.3 Å². The summed E-state index contributed by atoms with van der Waals surface area (Å²) in [6.07, 6.45) is 6.92. The first-order chi connectivity index (χ1) is 9.28. The van der Waals surface area contributed by atoms with Gasteiger partial charge >= 0.3 is 0 Å². The van der Waals surface area contributed by atoms with E-state index < -0.39 is 0 Å². The normalized spacial score (nSPS) is 18.2. The van der Waals surface area contributed by atoms with Crippen LogP contribution in [0.2, 0.25) is 0 Å². The van der Waals surface area contributed by atoms with Crippen molar-refractivity contribution in [3.05, 3.63) is 42.5 Å². The van der Waals surface area contributed by atoms with Crippen molar-refractivity contribution in [2.45, 2.75) is 43.3 Å². The van der Waals surface area contributed by atoms with Crippen LogP contribution in [0, 0.1) is 0 Å². The van der Waals surface area contributed by atoms with Gasteiger partial charge in [0.05, 0.1) is 6.67 Å². The molecule has 0 N–H and O–H groups in total. The first-order valence-corrected chi connectivity index (χ1v) is 8.22. The fraction of sp³-hybridized carbons (Fsp3) is 0.529. The zero-order chi connectivity index (χ0) is 13.6. The lowest BCUT2D eigenvalue weighted by molar-refractivity contribution is 0.459. The van der Waals surface area contributed by atoms with Crippen molar-refractivity contribution in [3.63, 3.8) is 0 Å². The Morgan fingerprint density at radius 1 is 1.16 bits per heavy atom. The molecule has 0 aliphatic heterocycles. The number of halogens is 1. The van der Waals surface area contributed by atoms with E-state index >= 15 is 0 Å². The van der Waals surface area contributed by atoms with Crippen LogP contribution < -0.4 is 0 Å². The highest BCUT2D eigenvalue weighted by Gasteiger charge is 2.35. The monoisotopic (exact) mass is 278 g/mol. The summed E-state index contributed by atoms with van der Waals surface area (Å²) in [5, 5.41) is 0. The number of thioether (sulfide) groups is 1. The van der Waals surface area contributed by atoms with Crippen LogP contribution in [0.5, 0.6) is 0 Å². The molecule has 0 radical (unpaired) electrons. The quantitative estimate of drug-likeness (QED) is 0.619. The van der Waals surface area contributed by atoms with E-state index in [1.807, 2.05) is 17.8 Å². The molecule has 1 fully saturated rings. The molecule has 0 bridgehead atoms. The molecule has 0 spiro atoms. The molecule has 2 heteroatoms. The summed E-state index contributed by atoms with van der Waals surface area (Å²) in [6, 6.07) is 10.5. The van der Waals surface area contributed by atoms with Gasteiger partial charge in [-0.1, -0.05) is 56.2 Å². The van der Waals surface area contributed by atoms with Crippen molar-refractivity contribution in [1.82, 2.24) is 0 Å². The van der Waals surface area contributed by atoms with Gasteiger partial charge in [0.2, 0.25) is 0 Å². The van der Waals surface area contributed by atoms with Gasteiger partial charge in [-0.3, -0.25) is 4.39 Å². The van der Waals surface area contributed by atoms with Gasteiger partial charge in [-0.25, -0.2) is 0 Å². The first kappa shape index (κ1) is 14.6. The highest BCUT2D eigenvalue weighted by molar-refractivity contribution is 8.01. The highest BCUT2D eigenvalue weighted by atomic mass is 32.2. The Hall–Kier alpha value is -0.760. The average Bonchev–Trinajstić information content (AvgIpc) is 2.49. The van der Waals surface area contributed by atoms with Gasteiger partial charge < -0.3 is 0 Å². The number of benzene rings is 1. The third-order valence-corrected chi connectivity index (χ3v) is 5.69. The first-order valence-electron chi connectivity index (χ1n) is 7.23. The molecule has 0 nitrogen and oxygen atoms in total. The Labute approximate surface area is 120 Å². The van der Waals surface area contributed by atoms with E-state index in [1.54, 1.807) is 0 Å². The van der Waals surface area contributed by atoms with Gasteiger partial charge in [0.15, 0.2) is 0 Å². The predicted octanol–water partition coefficient (Wildman–Crippen LogP) is 5.50. The molecule has 1 aromatic rings. The predicted molar refractivity (Wildman–Crippen MR) is 84.3 cm³/mol. The maximum absolute atomic E-state index is 12.4. The molecule has 2 rings (SSSR count). The molecule has 1 aliphatic carbocycles. The maximum Gasteiger partial charge on any atom is 0.0902 e. The van der Waals surface area contributed by atoms with E-state index in [0.29, 0.717) is 6.42 Å². The van der Waals surface area contributed by atoms with Crippen LogP contribution in [0.3, 0.4) is 0 Å².